The van der Waals surface area contributed by atoms with Crippen LogP contribution in [0, 0.1) is 26.7 Å². The Morgan fingerprint density at radius 3 is 2.48 bits per heavy atom. The van der Waals surface area contributed by atoms with Crippen LogP contribution in [0.15, 0.2) is 4.79 Å². The molecule has 2 rings (SSSR count). The number of thiazole rings is 1. The van der Waals surface area contributed by atoms with E-state index in [1.807, 2.05) is 20.8 Å². The predicted octanol–water partition coefficient (Wildman–Crippen LogP) is 2.32. The minimum Gasteiger partial charge on any atom is -0.345 e. The van der Waals surface area contributed by atoms with Crippen LogP contribution >= 0.6 is 11.3 Å². The van der Waals surface area contributed by atoms with Crippen LogP contribution in [0.1, 0.15) is 53.8 Å². The normalized spacial score (nSPS) is 13.7. The maximum absolute atomic E-state index is 12.9. The van der Waals surface area contributed by atoms with E-state index >= 15 is 0 Å². The number of nitrogens with two attached hydrogens (primary N) is 1. The third kappa shape index (κ3) is 4.44. The van der Waals surface area contributed by atoms with Gasteiger partial charge in [-0.3, -0.25) is 9.59 Å². The molecule has 1 unspecified atom stereocenters. The number of amides is 1. The molecule has 7 nitrogen and oxygen atoms in total. The fraction of sp³-hybridized carbons (Fsp3) is 0.579. The summed E-state index contributed by atoms with van der Waals surface area (Å²) in [6.07, 6.45) is 0.781. The zero-order valence-corrected chi connectivity index (χ0v) is 18.0. The number of carbonyl (C=O) groups excluding carboxylic acids is 1. The Kier molecular flexibility index (Phi) is 6.21. The molecule has 3 N–H and O–H groups in total. The number of hydrogen-bond donors (Lipinski definition) is 2. The molecule has 1 atom stereocenters. The lowest BCUT2D eigenvalue weighted by atomic mass is 9.90. The molecule has 2 heterocycles. The van der Waals surface area contributed by atoms with Gasteiger partial charge in [0, 0.05) is 13.6 Å². The number of aryl methyl sites for hydroxylation is 3. The Morgan fingerprint density at radius 1 is 1.30 bits per heavy atom. The Bertz CT molecular complexity index is 916. The lowest BCUT2D eigenvalue weighted by Crippen LogP contribution is -2.52. The van der Waals surface area contributed by atoms with E-state index < -0.39 is 5.54 Å². The molecule has 0 saturated heterocycles. The van der Waals surface area contributed by atoms with Gasteiger partial charge in [0.25, 0.3) is 11.5 Å². The van der Waals surface area contributed by atoms with Crippen molar-refractivity contribution in [3.8, 4) is 10.6 Å². The standard InChI is InChI=1S/C19H29N5O2S/c1-10(2)8-19(6,9-20)22-16(25)15-13(5)21-17(27-15)14-11(3)12(4)23-24(7)18(14)26/h10H,8-9,20H2,1-7H3,(H,22,25). The first-order valence-electron chi connectivity index (χ1n) is 9.04. The van der Waals surface area contributed by atoms with Crippen LogP contribution in [0.4, 0.5) is 0 Å². The van der Waals surface area contributed by atoms with E-state index in [0.29, 0.717) is 33.6 Å². The molecule has 2 aromatic heterocycles. The second kappa shape index (κ2) is 7.90. The Morgan fingerprint density at radius 2 is 1.93 bits per heavy atom. The first-order valence-corrected chi connectivity index (χ1v) is 9.85. The molecular formula is C19H29N5O2S. The van der Waals surface area contributed by atoms with Crippen molar-refractivity contribution in [2.24, 2.45) is 18.7 Å². The Balaban J connectivity index is 2.43. The molecule has 0 fully saturated rings. The summed E-state index contributed by atoms with van der Waals surface area (Å²) >= 11 is 1.23. The third-order valence-electron chi connectivity index (χ3n) is 4.67. The molecule has 0 saturated carbocycles. The number of nitrogens with one attached hydrogen (secondary N) is 1. The number of aromatic nitrogens is 3. The van der Waals surface area contributed by atoms with Gasteiger partial charge in [-0.15, -0.1) is 11.3 Å². The zero-order valence-electron chi connectivity index (χ0n) is 17.1. The maximum Gasteiger partial charge on any atom is 0.277 e. The summed E-state index contributed by atoms with van der Waals surface area (Å²) in [6.45, 7) is 12.0. The van der Waals surface area contributed by atoms with E-state index in [2.05, 4.69) is 29.2 Å². The van der Waals surface area contributed by atoms with E-state index in [4.69, 9.17) is 5.73 Å². The summed E-state index contributed by atoms with van der Waals surface area (Å²) in [7, 11) is 1.62. The molecule has 0 aromatic carbocycles. The lowest BCUT2D eigenvalue weighted by molar-refractivity contribution is 0.0901. The van der Waals surface area contributed by atoms with E-state index in [9.17, 15) is 9.59 Å². The SMILES string of the molecule is Cc1nc(-c2c(C)c(C)nn(C)c2=O)sc1C(=O)NC(C)(CN)CC(C)C. The van der Waals surface area contributed by atoms with Crippen molar-refractivity contribution < 1.29 is 4.79 Å². The van der Waals surface area contributed by atoms with Crippen LogP contribution in [-0.2, 0) is 7.05 Å². The van der Waals surface area contributed by atoms with Gasteiger partial charge in [-0.05, 0) is 45.6 Å². The zero-order chi connectivity index (χ0) is 20.5. The summed E-state index contributed by atoms with van der Waals surface area (Å²) < 4.78 is 1.31. The Labute approximate surface area is 164 Å². The van der Waals surface area contributed by atoms with E-state index in [0.717, 1.165) is 17.7 Å². The predicted molar refractivity (Wildman–Crippen MR) is 109 cm³/mol. The van der Waals surface area contributed by atoms with Crippen molar-refractivity contribution in [2.45, 2.75) is 53.5 Å². The van der Waals surface area contributed by atoms with Crippen molar-refractivity contribution in [2.75, 3.05) is 6.54 Å². The summed E-state index contributed by atoms with van der Waals surface area (Å²) in [5.41, 5.74) is 7.86. The molecule has 2 aromatic rings. The van der Waals surface area contributed by atoms with Crippen molar-refractivity contribution >= 4 is 17.2 Å². The molecule has 0 bridgehead atoms. The number of hydrogen-bond acceptors (Lipinski definition) is 6. The van der Waals surface area contributed by atoms with Gasteiger partial charge >= 0.3 is 0 Å². The van der Waals surface area contributed by atoms with Gasteiger partial charge in [0.1, 0.15) is 9.88 Å². The van der Waals surface area contributed by atoms with Gasteiger partial charge in [0.05, 0.1) is 22.5 Å². The van der Waals surface area contributed by atoms with Crippen LogP contribution in [-0.4, -0.2) is 32.8 Å². The molecule has 27 heavy (non-hydrogen) atoms. The van der Waals surface area contributed by atoms with Crippen LogP contribution in [0.2, 0.25) is 0 Å². The van der Waals surface area contributed by atoms with Crippen molar-refractivity contribution in [1.29, 1.82) is 0 Å². The molecule has 0 aliphatic rings. The monoisotopic (exact) mass is 391 g/mol. The van der Waals surface area contributed by atoms with E-state index in [-0.39, 0.29) is 11.5 Å². The van der Waals surface area contributed by atoms with E-state index in [1.165, 1.54) is 16.0 Å². The summed E-state index contributed by atoms with van der Waals surface area (Å²) in [4.78, 5) is 30.5. The van der Waals surface area contributed by atoms with Crippen molar-refractivity contribution in [3.63, 3.8) is 0 Å². The highest BCUT2D eigenvalue weighted by molar-refractivity contribution is 7.17. The van der Waals surface area contributed by atoms with Gasteiger partial charge in [-0.2, -0.15) is 5.10 Å². The molecule has 0 aliphatic heterocycles. The minimum absolute atomic E-state index is 0.204. The molecule has 8 heteroatoms. The largest absolute Gasteiger partial charge is 0.345 e. The molecule has 0 radical (unpaired) electrons. The average Bonchev–Trinajstić information content (AvgIpc) is 2.94. The molecule has 0 spiro atoms. The first kappa shape index (κ1) is 21.2. The van der Waals surface area contributed by atoms with Gasteiger partial charge in [-0.25, -0.2) is 9.67 Å². The second-order valence-electron chi connectivity index (χ2n) is 7.76. The number of nitrogens with zero attached hydrogens (tertiary/aromatic N) is 3. The van der Waals surface area contributed by atoms with Gasteiger partial charge in [-0.1, -0.05) is 13.8 Å². The first-order chi connectivity index (χ1) is 12.5. The quantitative estimate of drug-likeness (QED) is 0.787. The van der Waals surface area contributed by atoms with Crippen LogP contribution in [0.25, 0.3) is 10.6 Å². The average molecular weight is 392 g/mol. The second-order valence-corrected chi connectivity index (χ2v) is 8.76. The fourth-order valence-corrected chi connectivity index (χ4v) is 4.29. The van der Waals surface area contributed by atoms with Crippen molar-refractivity contribution in [1.82, 2.24) is 20.1 Å². The van der Waals surface area contributed by atoms with Crippen LogP contribution < -0.4 is 16.6 Å². The topological polar surface area (TPSA) is 103 Å². The van der Waals surface area contributed by atoms with E-state index in [1.54, 1.807) is 14.0 Å². The van der Waals surface area contributed by atoms with Gasteiger partial charge in [0.15, 0.2) is 0 Å². The third-order valence-corrected chi connectivity index (χ3v) is 5.84. The van der Waals surface area contributed by atoms with Crippen molar-refractivity contribution in [3.05, 3.63) is 32.2 Å². The summed E-state index contributed by atoms with van der Waals surface area (Å²) in [5, 5.41) is 7.80. The van der Waals surface area contributed by atoms with Crippen LogP contribution in [0.5, 0.6) is 0 Å². The maximum atomic E-state index is 12.9. The summed E-state index contributed by atoms with van der Waals surface area (Å²) in [5.74, 6) is 0.201. The molecule has 148 valence electrons. The lowest BCUT2D eigenvalue weighted by Gasteiger charge is -2.31. The fourth-order valence-electron chi connectivity index (χ4n) is 3.23. The minimum atomic E-state index is -0.485. The highest BCUT2D eigenvalue weighted by atomic mass is 32.1. The number of rotatable bonds is 6. The molecule has 0 aliphatic carbocycles. The molecular weight excluding hydrogens is 362 g/mol. The van der Waals surface area contributed by atoms with Gasteiger partial charge < -0.3 is 11.1 Å². The smallest absolute Gasteiger partial charge is 0.277 e. The number of carbonyl (C=O) groups is 1. The summed E-state index contributed by atoms with van der Waals surface area (Å²) in [6, 6.07) is 0. The highest BCUT2D eigenvalue weighted by Crippen LogP contribution is 2.29. The Hall–Kier alpha value is -2.06. The highest BCUT2D eigenvalue weighted by Gasteiger charge is 2.29. The van der Waals surface area contributed by atoms with Crippen LogP contribution in [0.3, 0.4) is 0 Å². The van der Waals surface area contributed by atoms with Gasteiger partial charge in [0.2, 0.25) is 0 Å². The molecule has 1 amide bonds.